The number of hydrogen-bond acceptors (Lipinski definition) is 5. The smallest absolute Gasteiger partial charge is 0.328 e. The Morgan fingerprint density at radius 2 is 1.72 bits per heavy atom. The summed E-state index contributed by atoms with van der Waals surface area (Å²) in [5, 5.41) is 15.0. The van der Waals surface area contributed by atoms with E-state index in [2.05, 4.69) is 10.3 Å². The van der Waals surface area contributed by atoms with Crippen molar-refractivity contribution in [1.29, 1.82) is 0 Å². The predicted molar refractivity (Wildman–Crippen MR) is 126 cm³/mol. The van der Waals surface area contributed by atoms with E-state index in [9.17, 15) is 14.7 Å². The number of esters is 1. The maximum Gasteiger partial charge on any atom is 0.328 e. The number of carbonyl (C=O) groups is 2. The maximum atomic E-state index is 13.1. The second-order valence-corrected chi connectivity index (χ2v) is 7.96. The minimum atomic E-state index is -0.822. The summed E-state index contributed by atoms with van der Waals surface area (Å²) in [5.74, 6) is -0.923. The summed E-state index contributed by atoms with van der Waals surface area (Å²) in [6.07, 6.45) is 1.85. The molecule has 0 aromatic heterocycles. The molecule has 2 atom stereocenters. The predicted octanol–water partition coefficient (Wildman–Crippen LogP) is 3.89. The Labute approximate surface area is 187 Å². The molecule has 6 nitrogen and oxygen atoms in total. The second-order valence-electron chi connectivity index (χ2n) is 7.96. The first-order valence-corrected chi connectivity index (χ1v) is 10.6. The molecule has 2 N–H and O–H groups in total. The van der Waals surface area contributed by atoms with Crippen molar-refractivity contribution in [1.82, 2.24) is 5.32 Å². The summed E-state index contributed by atoms with van der Waals surface area (Å²) in [6, 6.07) is 19.0. The minimum Gasteiger partial charge on any atom is -0.507 e. The fourth-order valence-corrected chi connectivity index (χ4v) is 3.56. The lowest BCUT2D eigenvalue weighted by atomic mass is 10.0. The van der Waals surface area contributed by atoms with Crippen LogP contribution in [0, 0.1) is 5.92 Å². The number of amides is 1. The molecule has 0 heterocycles. The zero-order chi connectivity index (χ0) is 23.1. The summed E-state index contributed by atoms with van der Waals surface area (Å²) in [7, 11) is 1.30. The summed E-state index contributed by atoms with van der Waals surface area (Å²) < 4.78 is 4.89. The fourth-order valence-electron chi connectivity index (χ4n) is 3.56. The monoisotopic (exact) mass is 432 g/mol. The third-order valence-corrected chi connectivity index (χ3v) is 5.30. The molecule has 0 saturated heterocycles. The van der Waals surface area contributed by atoms with E-state index < -0.39 is 18.1 Å². The maximum absolute atomic E-state index is 13.1. The zero-order valence-corrected chi connectivity index (χ0v) is 18.5. The molecule has 0 saturated carbocycles. The zero-order valence-electron chi connectivity index (χ0n) is 18.5. The van der Waals surface area contributed by atoms with Gasteiger partial charge in [0.2, 0.25) is 5.91 Å². The van der Waals surface area contributed by atoms with Gasteiger partial charge in [0.15, 0.2) is 0 Å². The van der Waals surface area contributed by atoms with E-state index in [-0.39, 0.29) is 17.6 Å². The SMILES string of the molecule is COC(=O)[C@H](Cc1ccccc1)NC(=O)[C@@H](N=Cc1c(O)ccc2ccccc12)C(C)C. The molecule has 0 fully saturated rings. The molecular weight excluding hydrogens is 404 g/mol. The standard InChI is InChI=1S/C26H28N2O4/c1-17(2)24(27-16-21-20-12-8-7-11-19(20)13-14-23(21)29)25(30)28-22(26(31)32-3)15-18-9-5-4-6-10-18/h4-14,16-17,22,24,29H,15H2,1-3H3,(H,28,30)/t22-,24-/m0/s1. The highest BCUT2D eigenvalue weighted by Crippen LogP contribution is 2.26. The highest BCUT2D eigenvalue weighted by atomic mass is 16.5. The van der Waals surface area contributed by atoms with Crippen LogP contribution in [0.1, 0.15) is 25.0 Å². The van der Waals surface area contributed by atoms with Crippen molar-refractivity contribution in [3.8, 4) is 5.75 Å². The van der Waals surface area contributed by atoms with Crippen molar-refractivity contribution < 1.29 is 19.4 Å². The van der Waals surface area contributed by atoms with Crippen molar-refractivity contribution in [2.24, 2.45) is 10.9 Å². The molecule has 3 rings (SSSR count). The van der Waals surface area contributed by atoms with Crippen LogP contribution in [0.5, 0.6) is 5.75 Å². The van der Waals surface area contributed by atoms with E-state index in [1.54, 1.807) is 6.07 Å². The number of nitrogens with zero attached hydrogens (tertiary/aromatic N) is 1. The molecule has 1 amide bonds. The van der Waals surface area contributed by atoms with Crippen LogP contribution < -0.4 is 5.32 Å². The van der Waals surface area contributed by atoms with Crippen molar-refractivity contribution in [3.05, 3.63) is 77.9 Å². The van der Waals surface area contributed by atoms with Crippen LogP contribution in [0.15, 0.2) is 71.7 Å². The number of methoxy groups -OCH3 is 1. The number of rotatable bonds is 8. The largest absolute Gasteiger partial charge is 0.507 e. The fraction of sp³-hybridized carbons (Fsp3) is 0.269. The lowest BCUT2D eigenvalue weighted by Gasteiger charge is -2.21. The van der Waals surface area contributed by atoms with Gasteiger partial charge in [-0.05, 0) is 28.3 Å². The number of phenols is 1. The highest BCUT2D eigenvalue weighted by molar-refractivity contribution is 6.03. The van der Waals surface area contributed by atoms with Crippen LogP contribution in [-0.4, -0.2) is 42.4 Å². The van der Waals surface area contributed by atoms with Gasteiger partial charge in [-0.25, -0.2) is 4.79 Å². The molecule has 6 heteroatoms. The van der Waals surface area contributed by atoms with E-state index in [1.165, 1.54) is 13.3 Å². The molecule has 0 aliphatic heterocycles. The van der Waals surface area contributed by atoms with Gasteiger partial charge in [0.05, 0.1) is 7.11 Å². The lowest BCUT2D eigenvalue weighted by molar-refractivity contribution is -0.145. The van der Waals surface area contributed by atoms with Gasteiger partial charge in [-0.3, -0.25) is 9.79 Å². The number of hydrogen-bond donors (Lipinski definition) is 2. The van der Waals surface area contributed by atoms with Crippen LogP contribution >= 0.6 is 0 Å². The van der Waals surface area contributed by atoms with Gasteiger partial charge in [0.1, 0.15) is 17.8 Å². The first-order chi connectivity index (χ1) is 15.4. The van der Waals surface area contributed by atoms with E-state index in [0.717, 1.165) is 16.3 Å². The molecule has 0 radical (unpaired) electrons. The van der Waals surface area contributed by atoms with Gasteiger partial charge in [-0.1, -0.05) is 74.5 Å². The Hall–Kier alpha value is -3.67. The number of nitrogens with one attached hydrogen (secondary N) is 1. The van der Waals surface area contributed by atoms with Crippen molar-refractivity contribution in [2.75, 3.05) is 7.11 Å². The highest BCUT2D eigenvalue weighted by Gasteiger charge is 2.28. The third-order valence-electron chi connectivity index (χ3n) is 5.30. The van der Waals surface area contributed by atoms with Crippen LogP contribution in [-0.2, 0) is 20.7 Å². The third kappa shape index (κ3) is 5.52. The molecule has 0 aliphatic carbocycles. The Morgan fingerprint density at radius 3 is 2.41 bits per heavy atom. The van der Waals surface area contributed by atoms with Gasteiger partial charge >= 0.3 is 5.97 Å². The van der Waals surface area contributed by atoms with Crippen molar-refractivity contribution in [2.45, 2.75) is 32.4 Å². The van der Waals surface area contributed by atoms with Gasteiger partial charge in [-0.15, -0.1) is 0 Å². The number of benzene rings is 3. The van der Waals surface area contributed by atoms with E-state index in [4.69, 9.17) is 4.74 Å². The molecule has 0 spiro atoms. The topological polar surface area (TPSA) is 88.0 Å². The minimum absolute atomic E-state index is 0.0897. The van der Waals surface area contributed by atoms with Crippen LogP contribution in [0.25, 0.3) is 10.8 Å². The first kappa shape index (κ1) is 23.0. The normalized spacial score (nSPS) is 13.2. The quantitative estimate of drug-likeness (QED) is 0.418. The summed E-state index contributed by atoms with van der Waals surface area (Å²) >= 11 is 0. The molecule has 32 heavy (non-hydrogen) atoms. The van der Waals surface area contributed by atoms with E-state index in [1.807, 2.05) is 74.5 Å². The first-order valence-electron chi connectivity index (χ1n) is 10.6. The summed E-state index contributed by atoms with van der Waals surface area (Å²) in [6.45, 7) is 3.77. The second kappa shape index (κ2) is 10.6. The molecule has 0 bridgehead atoms. The number of carbonyl (C=O) groups excluding carboxylic acids is 2. The molecular formula is C26H28N2O4. The number of aliphatic imine (C=N–C) groups is 1. The van der Waals surface area contributed by atoms with Crippen LogP contribution in [0.4, 0.5) is 0 Å². The molecule has 0 unspecified atom stereocenters. The van der Waals surface area contributed by atoms with Gasteiger partial charge in [-0.2, -0.15) is 0 Å². The average molecular weight is 433 g/mol. The Balaban J connectivity index is 1.84. The molecule has 166 valence electrons. The number of phenolic OH excluding ortho intramolecular Hbond substituents is 1. The lowest BCUT2D eigenvalue weighted by Crippen LogP contribution is -2.48. The Kier molecular flexibility index (Phi) is 7.60. The van der Waals surface area contributed by atoms with Crippen molar-refractivity contribution >= 4 is 28.9 Å². The number of fused-ring (bicyclic) bond motifs is 1. The number of ether oxygens (including phenoxy) is 1. The average Bonchev–Trinajstić information content (AvgIpc) is 2.80. The molecule has 3 aromatic carbocycles. The number of aromatic hydroxyl groups is 1. The molecule has 0 aliphatic rings. The summed E-state index contributed by atoms with van der Waals surface area (Å²) in [4.78, 5) is 29.9. The Bertz CT molecular complexity index is 1110. The molecule has 3 aromatic rings. The van der Waals surface area contributed by atoms with Crippen molar-refractivity contribution in [3.63, 3.8) is 0 Å². The van der Waals surface area contributed by atoms with E-state index in [0.29, 0.717) is 12.0 Å². The van der Waals surface area contributed by atoms with Gasteiger partial charge in [0.25, 0.3) is 0 Å². The van der Waals surface area contributed by atoms with E-state index >= 15 is 0 Å². The Morgan fingerprint density at radius 1 is 1.03 bits per heavy atom. The van der Waals surface area contributed by atoms with Crippen LogP contribution in [0.2, 0.25) is 0 Å². The summed E-state index contributed by atoms with van der Waals surface area (Å²) in [5.41, 5.74) is 1.46. The van der Waals surface area contributed by atoms with Crippen LogP contribution in [0.3, 0.4) is 0 Å². The van der Waals surface area contributed by atoms with Gasteiger partial charge in [0, 0.05) is 18.2 Å². The van der Waals surface area contributed by atoms with Gasteiger partial charge < -0.3 is 15.2 Å².